The topological polar surface area (TPSA) is 90.1 Å². The van der Waals surface area contributed by atoms with Gasteiger partial charge in [0.1, 0.15) is 5.75 Å². The lowest BCUT2D eigenvalue weighted by Gasteiger charge is -2.30. The van der Waals surface area contributed by atoms with Crippen molar-refractivity contribution in [2.75, 3.05) is 6.54 Å². The van der Waals surface area contributed by atoms with Gasteiger partial charge in [-0.15, -0.1) is 0 Å². The molecule has 0 radical (unpaired) electrons. The zero-order chi connectivity index (χ0) is 17.5. The number of nitrogens with zero attached hydrogens (tertiary/aromatic N) is 2. The number of carbonyl (C=O) groups is 1. The van der Waals surface area contributed by atoms with Crippen LogP contribution in [0.25, 0.3) is 0 Å². The first-order valence-corrected chi connectivity index (χ1v) is 8.81. The second-order valence-corrected chi connectivity index (χ2v) is 6.39. The van der Waals surface area contributed by atoms with E-state index in [1.807, 2.05) is 0 Å². The second-order valence-electron chi connectivity index (χ2n) is 6.39. The van der Waals surface area contributed by atoms with Crippen molar-refractivity contribution < 1.29 is 9.53 Å². The average Bonchev–Trinajstić information content (AvgIpc) is 2.67. The van der Waals surface area contributed by atoms with Crippen LogP contribution < -0.4 is 15.8 Å². The van der Waals surface area contributed by atoms with Crippen molar-refractivity contribution in [3.8, 4) is 11.6 Å². The lowest BCUT2D eigenvalue weighted by Crippen LogP contribution is -2.45. The highest BCUT2D eigenvalue weighted by molar-refractivity contribution is 5.94. The third kappa shape index (κ3) is 4.76. The SMILES string of the molecule is NCC(NC(=O)c1cccc(Oc2cnccn2)c1)C1CCCCC1. The molecule has 0 aliphatic heterocycles. The summed E-state index contributed by atoms with van der Waals surface area (Å²) in [6, 6.07) is 7.08. The van der Waals surface area contributed by atoms with Gasteiger partial charge in [-0.3, -0.25) is 9.78 Å². The fraction of sp³-hybridized carbons (Fsp3) is 0.421. The van der Waals surface area contributed by atoms with Crippen molar-refractivity contribution in [1.29, 1.82) is 0 Å². The van der Waals surface area contributed by atoms with E-state index in [0.717, 1.165) is 12.8 Å². The van der Waals surface area contributed by atoms with Gasteiger partial charge in [0.2, 0.25) is 5.88 Å². The summed E-state index contributed by atoms with van der Waals surface area (Å²) in [7, 11) is 0. The van der Waals surface area contributed by atoms with Gasteiger partial charge in [0.05, 0.1) is 6.20 Å². The molecule has 1 aliphatic carbocycles. The molecule has 1 heterocycles. The molecule has 6 heteroatoms. The fourth-order valence-electron chi connectivity index (χ4n) is 3.32. The maximum atomic E-state index is 12.6. The molecule has 3 rings (SSSR count). The number of nitrogens with one attached hydrogen (secondary N) is 1. The number of aromatic nitrogens is 2. The van der Waals surface area contributed by atoms with Crippen molar-refractivity contribution in [2.24, 2.45) is 11.7 Å². The van der Waals surface area contributed by atoms with E-state index in [4.69, 9.17) is 10.5 Å². The van der Waals surface area contributed by atoms with Crippen LogP contribution in [-0.2, 0) is 0 Å². The molecule has 0 saturated heterocycles. The molecular weight excluding hydrogens is 316 g/mol. The highest BCUT2D eigenvalue weighted by Crippen LogP contribution is 2.26. The summed E-state index contributed by atoms with van der Waals surface area (Å²) in [6.45, 7) is 0.464. The molecule has 1 aromatic carbocycles. The first kappa shape index (κ1) is 17.4. The summed E-state index contributed by atoms with van der Waals surface area (Å²) in [6.07, 6.45) is 10.7. The van der Waals surface area contributed by atoms with Crippen LogP contribution in [0.5, 0.6) is 11.6 Å². The normalized spacial score (nSPS) is 16.2. The van der Waals surface area contributed by atoms with Crippen LogP contribution >= 0.6 is 0 Å². The Morgan fingerprint density at radius 3 is 2.84 bits per heavy atom. The van der Waals surface area contributed by atoms with Crippen LogP contribution in [0.4, 0.5) is 0 Å². The van der Waals surface area contributed by atoms with Crippen molar-refractivity contribution in [2.45, 2.75) is 38.1 Å². The monoisotopic (exact) mass is 340 g/mol. The molecule has 0 spiro atoms. The Bertz CT molecular complexity index is 687. The standard InChI is InChI=1S/C19H24N4O2/c20-12-17(14-5-2-1-3-6-14)23-19(24)15-7-4-8-16(11-15)25-18-13-21-9-10-22-18/h4,7-11,13-14,17H,1-3,5-6,12,20H2,(H,23,24). The number of hydrogen-bond donors (Lipinski definition) is 2. The highest BCUT2D eigenvalue weighted by atomic mass is 16.5. The molecule has 6 nitrogen and oxygen atoms in total. The number of carbonyl (C=O) groups excluding carboxylic acids is 1. The second kappa shape index (κ2) is 8.58. The molecule has 1 aromatic heterocycles. The van der Waals surface area contributed by atoms with Gasteiger partial charge in [0, 0.05) is 30.5 Å². The van der Waals surface area contributed by atoms with Crippen molar-refractivity contribution in [3.05, 3.63) is 48.4 Å². The van der Waals surface area contributed by atoms with E-state index >= 15 is 0 Å². The van der Waals surface area contributed by atoms with Crippen LogP contribution in [0.2, 0.25) is 0 Å². The number of nitrogens with two attached hydrogens (primary N) is 1. The fourth-order valence-corrected chi connectivity index (χ4v) is 3.32. The minimum Gasteiger partial charge on any atom is -0.437 e. The molecule has 2 aromatic rings. The van der Waals surface area contributed by atoms with E-state index in [1.165, 1.54) is 25.5 Å². The van der Waals surface area contributed by atoms with Gasteiger partial charge in [-0.05, 0) is 37.0 Å². The van der Waals surface area contributed by atoms with E-state index in [9.17, 15) is 4.79 Å². The molecule has 132 valence electrons. The number of amides is 1. The number of benzene rings is 1. The number of ether oxygens (including phenoxy) is 1. The van der Waals surface area contributed by atoms with Gasteiger partial charge in [0.25, 0.3) is 5.91 Å². The number of rotatable bonds is 6. The first-order valence-electron chi connectivity index (χ1n) is 8.81. The molecule has 1 aliphatic rings. The van der Waals surface area contributed by atoms with E-state index < -0.39 is 0 Å². The molecular formula is C19H24N4O2. The summed E-state index contributed by atoms with van der Waals surface area (Å²) < 4.78 is 5.64. The maximum Gasteiger partial charge on any atom is 0.251 e. The molecule has 1 atom stereocenters. The van der Waals surface area contributed by atoms with Crippen LogP contribution in [0.3, 0.4) is 0 Å². The van der Waals surface area contributed by atoms with Gasteiger partial charge in [0.15, 0.2) is 0 Å². The predicted octanol–water partition coefficient (Wildman–Crippen LogP) is 2.91. The predicted molar refractivity (Wildman–Crippen MR) is 95.4 cm³/mol. The third-order valence-corrected chi connectivity index (χ3v) is 4.65. The van der Waals surface area contributed by atoms with Gasteiger partial charge >= 0.3 is 0 Å². The lowest BCUT2D eigenvalue weighted by molar-refractivity contribution is 0.0915. The minimum absolute atomic E-state index is 0.0253. The molecule has 1 saturated carbocycles. The summed E-state index contributed by atoms with van der Waals surface area (Å²) in [5.41, 5.74) is 6.46. The van der Waals surface area contributed by atoms with Crippen LogP contribution in [0.1, 0.15) is 42.5 Å². The lowest BCUT2D eigenvalue weighted by atomic mass is 9.84. The maximum absolute atomic E-state index is 12.6. The van der Waals surface area contributed by atoms with Gasteiger partial charge in [-0.1, -0.05) is 25.3 Å². The molecule has 25 heavy (non-hydrogen) atoms. The Labute approximate surface area is 147 Å². The average molecular weight is 340 g/mol. The zero-order valence-corrected chi connectivity index (χ0v) is 14.2. The summed E-state index contributed by atoms with van der Waals surface area (Å²) in [5.74, 6) is 1.30. The van der Waals surface area contributed by atoms with E-state index in [2.05, 4.69) is 15.3 Å². The Kier molecular flexibility index (Phi) is 5.95. The zero-order valence-electron chi connectivity index (χ0n) is 14.2. The Balaban J connectivity index is 1.66. The van der Waals surface area contributed by atoms with Crippen LogP contribution in [0, 0.1) is 5.92 Å². The van der Waals surface area contributed by atoms with Crippen LogP contribution in [-0.4, -0.2) is 28.5 Å². The van der Waals surface area contributed by atoms with Crippen molar-refractivity contribution >= 4 is 5.91 Å². The molecule has 1 unspecified atom stereocenters. The minimum atomic E-state index is -0.120. The Morgan fingerprint density at radius 2 is 2.12 bits per heavy atom. The van der Waals surface area contributed by atoms with E-state index in [1.54, 1.807) is 36.7 Å². The number of hydrogen-bond acceptors (Lipinski definition) is 5. The highest BCUT2D eigenvalue weighted by Gasteiger charge is 2.24. The smallest absolute Gasteiger partial charge is 0.251 e. The van der Waals surface area contributed by atoms with Crippen LogP contribution in [0.15, 0.2) is 42.9 Å². The van der Waals surface area contributed by atoms with E-state index in [-0.39, 0.29) is 11.9 Å². The largest absolute Gasteiger partial charge is 0.437 e. The van der Waals surface area contributed by atoms with Gasteiger partial charge in [-0.25, -0.2) is 4.98 Å². The van der Waals surface area contributed by atoms with E-state index in [0.29, 0.717) is 29.7 Å². The summed E-state index contributed by atoms with van der Waals surface area (Å²) in [5, 5.41) is 3.10. The Morgan fingerprint density at radius 1 is 1.28 bits per heavy atom. The first-order chi connectivity index (χ1) is 12.3. The summed E-state index contributed by atoms with van der Waals surface area (Å²) >= 11 is 0. The third-order valence-electron chi connectivity index (χ3n) is 4.65. The molecule has 1 amide bonds. The van der Waals surface area contributed by atoms with Gasteiger partial charge < -0.3 is 15.8 Å². The quantitative estimate of drug-likeness (QED) is 0.844. The summed E-state index contributed by atoms with van der Waals surface area (Å²) in [4.78, 5) is 20.6. The Hall–Kier alpha value is -2.47. The molecule has 1 fully saturated rings. The molecule has 3 N–H and O–H groups in total. The molecule has 0 bridgehead atoms. The van der Waals surface area contributed by atoms with Crippen molar-refractivity contribution in [3.63, 3.8) is 0 Å². The van der Waals surface area contributed by atoms with Crippen molar-refractivity contribution in [1.82, 2.24) is 15.3 Å². The van der Waals surface area contributed by atoms with Gasteiger partial charge in [-0.2, -0.15) is 0 Å².